The molecule has 0 heterocycles. The first-order valence-electron chi connectivity index (χ1n) is 11.7. The van der Waals surface area contributed by atoms with Crippen LogP contribution in [0.5, 0.6) is 0 Å². The minimum atomic E-state index is -2.44. The van der Waals surface area contributed by atoms with Crippen molar-refractivity contribution in [3.63, 3.8) is 0 Å². The lowest BCUT2D eigenvalue weighted by Crippen LogP contribution is -2.37. The van der Waals surface area contributed by atoms with Crippen LogP contribution in [-0.2, 0) is 12.8 Å². The zero-order chi connectivity index (χ0) is 20.7. The number of hydrogen-bond donors (Lipinski definition) is 0. The number of allylic oxidation sites excluding steroid dienone is 3. The largest absolute Gasteiger partial charge is 0.250 e. The van der Waals surface area contributed by atoms with Gasteiger partial charge in [0.2, 0.25) is 0 Å². The summed E-state index contributed by atoms with van der Waals surface area (Å²) in [6.45, 7) is 5.50. The van der Waals surface area contributed by atoms with E-state index in [1.165, 1.54) is 24.0 Å². The fraction of sp³-hybridized carbons (Fsp3) is 0.630. The van der Waals surface area contributed by atoms with Crippen LogP contribution in [-0.4, -0.2) is 5.92 Å². The van der Waals surface area contributed by atoms with E-state index < -0.39 is 11.8 Å². The molecule has 0 aliphatic heterocycles. The van der Waals surface area contributed by atoms with Crippen LogP contribution in [0.1, 0.15) is 75.8 Å². The van der Waals surface area contributed by atoms with Crippen molar-refractivity contribution in [2.75, 3.05) is 0 Å². The van der Waals surface area contributed by atoms with Gasteiger partial charge in [0.25, 0.3) is 5.92 Å². The normalized spacial score (nSPS) is 29.8. The Morgan fingerprint density at radius 2 is 1.48 bits per heavy atom. The predicted molar refractivity (Wildman–Crippen MR) is 119 cm³/mol. The molecule has 0 amide bonds. The van der Waals surface area contributed by atoms with E-state index in [-0.39, 0.29) is 12.3 Å². The van der Waals surface area contributed by atoms with Crippen molar-refractivity contribution in [2.24, 2.45) is 23.7 Å². The minimum absolute atomic E-state index is 0.131. The van der Waals surface area contributed by atoms with Crippen LogP contribution >= 0.6 is 0 Å². The van der Waals surface area contributed by atoms with Crippen LogP contribution in [0.4, 0.5) is 8.78 Å². The van der Waals surface area contributed by atoms with Gasteiger partial charge in [-0.25, -0.2) is 8.78 Å². The average Bonchev–Trinajstić information content (AvgIpc) is 2.73. The van der Waals surface area contributed by atoms with E-state index >= 15 is 0 Å². The monoisotopic (exact) mass is 400 g/mol. The Morgan fingerprint density at radius 3 is 2.07 bits per heavy atom. The van der Waals surface area contributed by atoms with Crippen LogP contribution in [0.15, 0.2) is 49.1 Å². The Bertz CT molecular complexity index is 650. The van der Waals surface area contributed by atoms with E-state index in [0.29, 0.717) is 18.3 Å². The molecular weight excluding hydrogens is 362 g/mol. The first-order valence-corrected chi connectivity index (χ1v) is 11.7. The highest BCUT2D eigenvalue weighted by molar-refractivity contribution is 5.23. The zero-order valence-electron chi connectivity index (χ0n) is 18.1. The topological polar surface area (TPSA) is 0 Å². The molecule has 29 heavy (non-hydrogen) atoms. The molecule has 160 valence electrons. The molecule has 0 spiro atoms. The van der Waals surface area contributed by atoms with Gasteiger partial charge >= 0.3 is 0 Å². The molecule has 0 nitrogen and oxygen atoms in total. The van der Waals surface area contributed by atoms with Gasteiger partial charge < -0.3 is 0 Å². The van der Waals surface area contributed by atoms with E-state index in [1.54, 1.807) is 6.92 Å². The van der Waals surface area contributed by atoms with Crippen LogP contribution < -0.4 is 0 Å². The molecule has 2 heteroatoms. The minimum Gasteiger partial charge on any atom is -0.207 e. The van der Waals surface area contributed by atoms with Crippen molar-refractivity contribution in [1.82, 2.24) is 0 Å². The molecule has 2 unspecified atom stereocenters. The summed E-state index contributed by atoms with van der Waals surface area (Å²) in [5.41, 5.74) is 2.78. The van der Waals surface area contributed by atoms with Crippen molar-refractivity contribution in [3.05, 3.63) is 60.2 Å². The Kier molecular flexibility index (Phi) is 8.09. The average molecular weight is 401 g/mol. The number of aryl methyl sites for hydroxylation is 2. The van der Waals surface area contributed by atoms with Gasteiger partial charge in [-0.15, -0.1) is 6.58 Å². The highest BCUT2D eigenvalue weighted by Gasteiger charge is 2.44. The fourth-order valence-electron chi connectivity index (χ4n) is 5.22. The zero-order valence-corrected chi connectivity index (χ0v) is 18.1. The summed E-state index contributed by atoms with van der Waals surface area (Å²) in [4.78, 5) is 0. The van der Waals surface area contributed by atoms with Gasteiger partial charge in [0.1, 0.15) is 0 Å². The maximum atomic E-state index is 14.1. The molecule has 0 N–H and O–H groups in total. The number of benzene rings is 1. The molecule has 0 aromatic heterocycles. The molecule has 2 aliphatic rings. The van der Waals surface area contributed by atoms with E-state index in [4.69, 9.17) is 0 Å². The summed E-state index contributed by atoms with van der Waals surface area (Å²) in [6, 6.07) is 8.97. The van der Waals surface area contributed by atoms with Crippen LogP contribution in [0.3, 0.4) is 0 Å². The van der Waals surface area contributed by atoms with Crippen LogP contribution in [0.2, 0.25) is 0 Å². The summed E-state index contributed by atoms with van der Waals surface area (Å²) >= 11 is 0. The van der Waals surface area contributed by atoms with Gasteiger partial charge in [0.15, 0.2) is 0 Å². The first kappa shape index (κ1) is 22.2. The third kappa shape index (κ3) is 6.52. The summed E-state index contributed by atoms with van der Waals surface area (Å²) in [7, 11) is 0. The van der Waals surface area contributed by atoms with Crippen molar-refractivity contribution < 1.29 is 8.78 Å². The molecule has 2 atom stereocenters. The van der Waals surface area contributed by atoms with Crippen molar-refractivity contribution in [2.45, 2.75) is 83.5 Å². The van der Waals surface area contributed by atoms with Gasteiger partial charge in [-0.05, 0) is 93.1 Å². The second kappa shape index (κ2) is 10.5. The molecule has 3 rings (SSSR count). The molecule has 1 aromatic carbocycles. The highest BCUT2D eigenvalue weighted by atomic mass is 19.3. The Balaban J connectivity index is 1.36. The third-order valence-corrected chi connectivity index (χ3v) is 7.38. The third-order valence-electron chi connectivity index (χ3n) is 7.38. The Labute approximate surface area is 176 Å². The lowest BCUT2D eigenvalue weighted by atomic mass is 9.68. The first-order chi connectivity index (χ1) is 14.0. The van der Waals surface area contributed by atoms with Gasteiger partial charge in [-0.1, -0.05) is 49.4 Å². The summed E-state index contributed by atoms with van der Waals surface area (Å²) in [6.07, 6.45) is 17.4. The molecule has 0 bridgehead atoms. The second-order valence-electron chi connectivity index (χ2n) is 9.49. The quantitative estimate of drug-likeness (QED) is 0.386. The Hall–Kier alpha value is -1.44. The SMILES string of the molecule is C=CCCc1ccc(CC/C=C/C2CCC(C3CCC(C)C(F)(F)C3)CC2)cc1. The van der Waals surface area contributed by atoms with Gasteiger partial charge in [0, 0.05) is 12.3 Å². The highest BCUT2D eigenvalue weighted by Crippen LogP contribution is 2.47. The number of halogens is 2. The van der Waals surface area contributed by atoms with Crippen LogP contribution in [0, 0.1) is 23.7 Å². The van der Waals surface area contributed by atoms with Gasteiger partial charge in [0.05, 0.1) is 0 Å². The molecule has 0 saturated heterocycles. The summed E-state index contributed by atoms with van der Waals surface area (Å²) in [5.74, 6) is -1.45. The number of hydrogen-bond acceptors (Lipinski definition) is 0. The standard InChI is InChI=1S/C27H38F2/c1-3-4-7-22-11-13-23(14-12-22)8-5-6-9-24-15-18-25(19-16-24)26-17-10-21(2)27(28,29)20-26/h3,6,9,11-14,21,24-26H,1,4-5,7-8,10,15-20H2,2H3/b9-6+. The lowest BCUT2D eigenvalue weighted by molar-refractivity contribution is -0.106. The molecular formula is C27H38F2. The van der Waals surface area contributed by atoms with Crippen LogP contribution in [0.25, 0.3) is 0 Å². The molecule has 2 fully saturated rings. The van der Waals surface area contributed by atoms with E-state index in [2.05, 4.69) is 43.0 Å². The molecule has 1 aromatic rings. The van der Waals surface area contributed by atoms with Crippen molar-refractivity contribution >= 4 is 0 Å². The summed E-state index contributed by atoms with van der Waals surface area (Å²) in [5, 5.41) is 0. The number of rotatable bonds is 8. The predicted octanol–water partition coefficient (Wildman–Crippen LogP) is 8.17. The van der Waals surface area contributed by atoms with Crippen molar-refractivity contribution in [1.29, 1.82) is 0 Å². The summed E-state index contributed by atoms with van der Waals surface area (Å²) < 4.78 is 28.2. The van der Waals surface area contributed by atoms with E-state index in [9.17, 15) is 8.78 Å². The van der Waals surface area contributed by atoms with E-state index in [0.717, 1.165) is 44.9 Å². The van der Waals surface area contributed by atoms with Gasteiger partial charge in [-0.2, -0.15) is 0 Å². The number of alkyl halides is 2. The van der Waals surface area contributed by atoms with Crippen molar-refractivity contribution in [3.8, 4) is 0 Å². The Morgan fingerprint density at radius 1 is 0.897 bits per heavy atom. The smallest absolute Gasteiger partial charge is 0.207 e. The molecule has 2 aliphatic carbocycles. The maximum Gasteiger partial charge on any atom is 0.250 e. The van der Waals surface area contributed by atoms with Gasteiger partial charge in [-0.3, -0.25) is 0 Å². The molecule has 0 radical (unpaired) electrons. The fourth-order valence-corrected chi connectivity index (χ4v) is 5.22. The van der Waals surface area contributed by atoms with E-state index in [1.807, 2.05) is 6.08 Å². The molecule has 2 saturated carbocycles. The second-order valence-corrected chi connectivity index (χ2v) is 9.49. The lowest BCUT2D eigenvalue weighted by Gasteiger charge is -2.40. The maximum absolute atomic E-state index is 14.1.